The summed E-state index contributed by atoms with van der Waals surface area (Å²) in [6.45, 7) is 5.06. The van der Waals surface area contributed by atoms with Gasteiger partial charge >= 0.3 is 0 Å². The maximum Gasteiger partial charge on any atom is 0.255 e. The zero-order valence-corrected chi connectivity index (χ0v) is 18.4. The van der Waals surface area contributed by atoms with Crippen LogP contribution in [0.15, 0.2) is 84.6 Å². The number of carbonyl (C=O) groups is 2. The van der Waals surface area contributed by atoms with Crippen LogP contribution in [0, 0.1) is 0 Å². The molecule has 2 aromatic carbocycles. The number of nitrogens with one attached hydrogen (secondary N) is 1. The Balaban J connectivity index is 1.43. The van der Waals surface area contributed by atoms with Crippen molar-refractivity contribution < 1.29 is 9.59 Å². The molecule has 0 atom stereocenters. The van der Waals surface area contributed by atoms with Gasteiger partial charge in [-0.15, -0.1) is 0 Å². The van der Waals surface area contributed by atoms with Gasteiger partial charge in [0.2, 0.25) is 5.95 Å². The molecule has 0 unspecified atom stereocenters. The van der Waals surface area contributed by atoms with Crippen LogP contribution >= 0.6 is 0 Å². The first kappa shape index (κ1) is 21.2. The van der Waals surface area contributed by atoms with E-state index in [1.165, 1.54) is 6.08 Å². The second kappa shape index (κ2) is 8.70. The summed E-state index contributed by atoms with van der Waals surface area (Å²) in [7, 11) is 0. The first-order chi connectivity index (χ1) is 16.5. The van der Waals surface area contributed by atoms with Crippen molar-refractivity contribution in [3.8, 4) is 11.3 Å². The minimum Gasteiger partial charge on any atom is -0.382 e. The molecular formula is C25H23N7O2. The van der Waals surface area contributed by atoms with Crippen LogP contribution < -0.4 is 16.0 Å². The molecule has 3 aromatic rings. The maximum atomic E-state index is 12.4. The number of imidazole rings is 1. The molecule has 2 amide bonds. The lowest BCUT2D eigenvalue weighted by Gasteiger charge is -2.21. The Bertz CT molecular complexity index is 1320. The average molecular weight is 454 g/mol. The number of anilines is 2. The van der Waals surface area contributed by atoms with Crippen molar-refractivity contribution in [2.75, 3.05) is 23.4 Å². The van der Waals surface area contributed by atoms with Gasteiger partial charge in [-0.3, -0.25) is 24.4 Å². The quantitative estimate of drug-likeness (QED) is 0.578. The number of hydrogen-bond acceptors (Lipinski definition) is 6. The molecule has 9 nitrogen and oxygen atoms in total. The summed E-state index contributed by atoms with van der Waals surface area (Å²) in [5.74, 6) is 0.744. The molecule has 5 rings (SSSR count). The van der Waals surface area contributed by atoms with Crippen LogP contribution in [0.3, 0.4) is 0 Å². The van der Waals surface area contributed by atoms with Gasteiger partial charge in [-0.05, 0) is 30.3 Å². The molecule has 3 heterocycles. The Morgan fingerprint density at radius 3 is 2.56 bits per heavy atom. The highest BCUT2D eigenvalue weighted by atomic mass is 16.2. The van der Waals surface area contributed by atoms with Crippen molar-refractivity contribution in [1.82, 2.24) is 14.5 Å². The van der Waals surface area contributed by atoms with E-state index in [0.717, 1.165) is 11.3 Å². The van der Waals surface area contributed by atoms with E-state index in [4.69, 9.17) is 10.7 Å². The summed E-state index contributed by atoms with van der Waals surface area (Å²) < 4.78 is 2.02. The number of hydrogen-bond donors (Lipinski definition) is 2. The van der Waals surface area contributed by atoms with Crippen LogP contribution in [-0.2, 0) is 11.3 Å². The number of carbonyl (C=O) groups excluding carboxylic acids is 2. The van der Waals surface area contributed by atoms with Gasteiger partial charge in [-0.2, -0.15) is 0 Å². The van der Waals surface area contributed by atoms with E-state index in [9.17, 15) is 9.59 Å². The SMILES string of the molecule is C=CC(=O)N1C=CN(c2nc(-c3ccc(NC(=O)c4ccccc4)cc3)c3n2CCN=C3N)C1. The summed E-state index contributed by atoms with van der Waals surface area (Å²) in [5.41, 5.74) is 9.81. The van der Waals surface area contributed by atoms with E-state index in [1.54, 1.807) is 23.2 Å². The lowest BCUT2D eigenvalue weighted by molar-refractivity contribution is -0.123. The van der Waals surface area contributed by atoms with Crippen molar-refractivity contribution in [1.29, 1.82) is 0 Å². The summed E-state index contributed by atoms with van der Waals surface area (Å²) in [6, 6.07) is 16.5. The molecule has 0 fully saturated rings. The maximum absolute atomic E-state index is 12.4. The Hall–Kier alpha value is -4.66. The van der Waals surface area contributed by atoms with E-state index in [0.29, 0.717) is 48.5 Å². The number of aliphatic imine (C=N–C) groups is 1. The minimum absolute atomic E-state index is 0.175. The fraction of sp³-hybridized carbons (Fsp3) is 0.120. The number of nitrogens with zero attached hydrogens (tertiary/aromatic N) is 5. The number of rotatable bonds is 5. The lowest BCUT2D eigenvalue weighted by atomic mass is 10.1. The second-order valence-corrected chi connectivity index (χ2v) is 7.85. The Kier molecular flexibility index (Phi) is 5.43. The van der Waals surface area contributed by atoms with Gasteiger partial charge in [-0.1, -0.05) is 36.9 Å². The highest BCUT2D eigenvalue weighted by Gasteiger charge is 2.28. The predicted molar refractivity (Wildman–Crippen MR) is 131 cm³/mol. The lowest BCUT2D eigenvalue weighted by Crippen LogP contribution is -2.32. The predicted octanol–water partition coefficient (Wildman–Crippen LogP) is 2.78. The van der Waals surface area contributed by atoms with Crippen molar-refractivity contribution in [3.63, 3.8) is 0 Å². The van der Waals surface area contributed by atoms with Crippen LogP contribution in [0.2, 0.25) is 0 Å². The molecule has 0 spiro atoms. The van der Waals surface area contributed by atoms with Gasteiger partial charge in [-0.25, -0.2) is 4.98 Å². The monoisotopic (exact) mass is 453 g/mol. The fourth-order valence-electron chi connectivity index (χ4n) is 3.99. The fourth-order valence-corrected chi connectivity index (χ4v) is 3.99. The van der Waals surface area contributed by atoms with Crippen LogP contribution in [0.1, 0.15) is 16.1 Å². The number of amides is 2. The standard InChI is InChI=1S/C25H23N7O2/c1-2-20(33)30-14-15-31(16-30)25-29-21(22-23(26)27-12-13-32(22)25)17-8-10-19(11-9-17)28-24(34)18-6-4-3-5-7-18/h2-11,14-15H,1,12-13,16H2,(H2,26,27)(H,28,34). The van der Waals surface area contributed by atoms with E-state index < -0.39 is 0 Å². The number of amidine groups is 1. The molecule has 2 aliphatic heterocycles. The van der Waals surface area contributed by atoms with Gasteiger partial charge in [0, 0.05) is 35.8 Å². The van der Waals surface area contributed by atoms with Crippen LogP contribution in [0.25, 0.3) is 11.3 Å². The molecule has 170 valence electrons. The third-order valence-electron chi connectivity index (χ3n) is 5.69. The van der Waals surface area contributed by atoms with E-state index in [-0.39, 0.29) is 11.8 Å². The van der Waals surface area contributed by atoms with E-state index in [1.807, 2.05) is 58.1 Å². The molecule has 0 aliphatic carbocycles. The molecule has 2 aliphatic rings. The number of benzene rings is 2. The van der Waals surface area contributed by atoms with Crippen molar-refractivity contribution in [2.45, 2.75) is 6.54 Å². The molecular weight excluding hydrogens is 430 g/mol. The Morgan fingerprint density at radius 1 is 1.06 bits per heavy atom. The second-order valence-electron chi connectivity index (χ2n) is 7.85. The van der Waals surface area contributed by atoms with Gasteiger partial charge in [0.1, 0.15) is 23.9 Å². The minimum atomic E-state index is -0.182. The van der Waals surface area contributed by atoms with Crippen molar-refractivity contribution in [2.24, 2.45) is 10.7 Å². The molecule has 0 bridgehead atoms. The largest absolute Gasteiger partial charge is 0.382 e. The summed E-state index contributed by atoms with van der Waals surface area (Å²) in [5, 5.41) is 2.90. The summed E-state index contributed by atoms with van der Waals surface area (Å²) >= 11 is 0. The van der Waals surface area contributed by atoms with Gasteiger partial charge in [0.15, 0.2) is 0 Å². The normalized spacial score (nSPS) is 14.5. The first-order valence-electron chi connectivity index (χ1n) is 10.8. The van der Waals surface area contributed by atoms with E-state index >= 15 is 0 Å². The first-order valence-corrected chi connectivity index (χ1v) is 10.8. The van der Waals surface area contributed by atoms with E-state index in [2.05, 4.69) is 16.9 Å². The third-order valence-corrected chi connectivity index (χ3v) is 5.69. The van der Waals surface area contributed by atoms with Crippen molar-refractivity contribution >= 4 is 29.3 Å². The summed E-state index contributed by atoms with van der Waals surface area (Å²) in [4.78, 5) is 37.2. The molecule has 0 radical (unpaired) electrons. The average Bonchev–Trinajstić information content (AvgIpc) is 3.51. The Labute approximate surface area is 196 Å². The Morgan fingerprint density at radius 2 is 1.82 bits per heavy atom. The number of aromatic nitrogens is 2. The molecule has 0 saturated carbocycles. The van der Waals surface area contributed by atoms with Crippen LogP contribution in [-0.4, -0.2) is 45.3 Å². The highest BCUT2D eigenvalue weighted by Crippen LogP contribution is 2.32. The molecule has 1 aromatic heterocycles. The summed E-state index contributed by atoms with van der Waals surface area (Å²) in [6.07, 6.45) is 4.80. The van der Waals surface area contributed by atoms with Gasteiger partial charge in [0.05, 0.1) is 6.54 Å². The highest BCUT2D eigenvalue weighted by molar-refractivity contribution is 6.05. The smallest absolute Gasteiger partial charge is 0.255 e. The molecule has 3 N–H and O–H groups in total. The van der Waals surface area contributed by atoms with Crippen LogP contribution in [0.5, 0.6) is 0 Å². The number of fused-ring (bicyclic) bond motifs is 1. The zero-order valence-electron chi connectivity index (χ0n) is 18.4. The van der Waals surface area contributed by atoms with Gasteiger partial charge < -0.3 is 15.6 Å². The third kappa shape index (κ3) is 3.83. The molecule has 34 heavy (non-hydrogen) atoms. The van der Waals surface area contributed by atoms with Gasteiger partial charge in [0.25, 0.3) is 11.8 Å². The number of nitrogens with two attached hydrogens (primary N) is 1. The van der Waals surface area contributed by atoms with Crippen LogP contribution in [0.4, 0.5) is 11.6 Å². The topological polar surface area (TPSA) is 109 Å². The molecule has 9 heteroatoms. The zero-order chi connectivity index (χ0) is 23.7. The van der Waals surface area contributed by atoms with Crippen molar-refractivity contribution in [3.05, 3.63) is 90.9 Å². The molecule has 0 saturated heterocycles.